The molecule has 1 atom stereocenters. The number of aryl methyl sites for hydroxylation is 2. The van der Waals surface area contributed by atoms with Crippen LogP contribution in [0.3, 0.4) is 0 Å². The number of thiophene rings is 1. The summed E-state index contributed by atoms with van der Waals surface area (Å²) in [5, 5.41) is 6.95. The number of rotatable bonds is 5. The fourth-order valence-corrected chi connectivity index (χ4v) is 4.90. The minimum Gasteiger partial charge on any atom is -0.348 e. The molecule has 5 nitrogen and oxygen atoms in total. The predicted octanol–water partition coefficient (Wildman–Crippen LogP) is 3.93. The first-order valence-electron chi connectivity index (χ1n) is 9.04. The zero-order chi connectivity index (χ0) is 18.3. The second kappa shape index (κ2) is 6.85. The highest BCUT2D eigenvalue weighted by atomic mass is 32.1. The topological polar surface area (TPSA) is 49.7 Å². The summed E-state index contributed by atoms with van der Waals surface area (Å²) < 4.78 is 2.05. The Balaban J connectivity index is 1.79. The van der Waals surface area contributed by atoms with E-state index < -0.39 is 0 Å². The average Bonchev–Trinajstić information content (AvgIpc) is 3.31. The minimum atomic E-state index is 0.144. The lowest BCUT2D eigenvalue weighted by atomic mass is 9.94. The molecule has 0 amide bonds. The van der Waals surface area contributed by atoms with Crippen molar-refractivity contribution in [2.75, 3.05) is 6.54 Å². The molecule has 136 valence electrons. The molecule has 0 saturated carbocycles. The van der Waals surface area contributed by atoms with E-state index in [0.29, 0.717) is 0 Å². The van der Waals surface area contributed by atoms with Crippen LogP contribution in [0.25, 0.3) is 0 Å². The summed E-state index contributed by atoms with van der Waals surface area (Å²) >= 11 is 1.84. The highest BCUT2D eigenvalue weighted by molar-refractivity contribution is 7.10. The highest BCUT2D eigenvalue weighted by Crippen LogP contribution is 2.38. The number of hydrogen-bond acceptors (Lipinski definition) is 4. The summed E-state index contributed by atoms with van der Waals surface area (Å²) in [4.78, 5) is 12.0. The van der Waals surface area contributed by atoms with Crippen LogP contribution in [0.5, 0.6) is 0 Å². The Bertz CT molecular complexity index is 932. The van der Waals surface area contributed by atoms with Crippen LogP contribution in [0.2, 0.25) is 0 Å². The minimum absolute atomic E-state index is 0.144. The van der Waals surface area contributed by atoms with Gasteiger partial charge < -0.3 is 4.98 Å². The molecule has 0 saturated heterocycles. The molecular formula is C20H25N5S. The van der Waals surface area contributed by atoms with E-state index in [0.717, 1.165) is 37.4 Å². The number of nitrogens with zero attached hydrogens (tertiary/aromatic N) is 4. The summed E-state index contributed by atoms with van der Waals surface area (Å²) in [6.45, 7) is 13.0. The van der Waals surface area contributed by atoms with E-state index in [9.17, 15) is 0 Å². The molecule has 0 fully saturated rings. The molecule has 4 rings (SSSR count). The number of hydrogen-bond donors (Lipinski definition) is 1. The van der Waals surface area contributed by atoms with Crippen molar-refractivity contribution >= 4 is 11.3 Å². The van der Waals surface area contributed by atoms with Crippen LogP contribution in [0.15, 0.2) is 30.4 Å². The highest BCUT2D eigenvalue weighted by Gasteiger charge is 2.35. The molecule has 3 aromatic rings. The number of aromatic nitrogens is 4. The maximum atomic E-state index is 4.76. The summed E-state index contributed by atoms with van der Waals surface area (Å²) in [5.74, 6) is 0. The van der Waals surface area contributed by atoms with Crippen molar-refractivity contribution in [1.82, 2.24) is 24.6 Å². The monoisotopic (exact) mass is 367 g/mol. The Morgan fingerprint density at radius 2 is 2.23 bits per heavy atom. The van der Waals surface area contributed by atoms with E-state index >= 15 is 0 Å². The lowest BCUT2D eigenvalue weighted by Gasteiger charge is -2.35. The Labute approximate surface area is 158 Å². The van der Waals surface area contributed by atoms with Crippen molar-refractivity contribution in [2.24, 2.45) is 0 Å². The third kappa shape index (κ3) is 2.83. The van der Waals surface area contributed by atoms with Gasteiger partial charge in [-0.1, -0.05) is 6.08 Å². The molecule has 0 radical (unpaired) electrons. The molecule has 0 aromatic carbocycles. The van der Waals surface area contributed by atoms with Crippen molar-refractivity contribution in [3.05, 3.63) is 69.2 Å². The van der Waals surface area contributed by atoms with Gasteiger partial charge in [0, 0.05) is 41.3 Å². The number of nitrogens with one attached hydrogen (secondary N) is 1. The van der Waals surface area contributed by atoms with Gasteiger partial charge in [-0.05, 0) is 37.8 Å². The molecule has 3 aromatic heterocycles. The lowest BCUT2D eigenvalue weighted by molar-refractivity contribution is 0.200. The van der Waals surface area contributed by atoms with Gasteiger partial charge in [0.15, 0.2) is 0 Å². The summed E-state index contributed by atoms with van der Waals surface area (Å²) in [5.41, 5.74) is 7.35. The molecule has 6 heteroatoms. The predicted molar refractivity (Wildman–Crippen MR) is 105 cm³/mol. The second-order valence-electron chi connectivity index (χ2n) is 6.97. The number of imidazole rings is 1. The van der Waals surface area contributed by atoms with Crippen molar-refractivity contribution in [3.8, 4) is 0 Å². The van der Waals surface area contributed by atoms with Gasteiger partial charge in [0.05, 0.1) is 30.3 Å². The van der Waals surface area contributed by atoms with Crippen molar-refractivity contribution in [2.45, 2.75) is 46.3 Å². The van der Waals surface area contributed by atoms with E-state index in [2.05, 4.69) is 48.7 Å². The van der Waals surface area contributed by atoms with Gasteiger partial charge >= 0.3 is 0 Å². The SMILES string of the molecule is C=CCn1nc(C)c(C2c3nc[nH]c3CCN2Cc2sccc2C)c1C. The van der Waals surface area contributed by atoms with Crippen molar-refractivity contribution < 1.29 is 0 Å². The van der Waals surface area contributed by atoms with Crippen LogP contribution in [0, 0.1) is 20.8 Å². The first kappa shape index (κ1) is 17.2. The standard InChI is InChI=1S/C20H25N5S/c1-5-8-25-15(4)18(14(3)23-25)20-19-16(21-12-22-19)6-9-24(20)11-17-13(2)7-10-26-17/h5,7,10,12,20H,1,6,8-9,11H2,2-4H3,(H,21,22). The molecule has 26 heavy (non-hydrogen) atoms. The number of fused-ring (bicyclic) bond motifs is 1. The third-order valence-corrected chi connectivity index (χ3v) is 6.36. The number of H-pyrrole nitrogens is 1. The zero-order valence-corrected chi connectivity index (χ0v) is 16.4. The van der Waals surface area contributed by atoms with Gasteiger partial charge in [-0.25, -0.2) is 4.98 Å². The van der Waals surface area contributed by atoms with E-state index in [-0.39, 0.29) is 6.04 Å². The maximum Gasteiger partial charge on any atom is 0.0926 e. The Morgan fingerprint density at radius 3 is 2.96 bits per heavy atom. The lowest BCUT2D eigenvalue weighted by Crippen LogP contribution is -2.36. The van der Waals surface area contributed by atoms with Gasteiger partial charge in [0.25, 0.3) is 0 Å². The van der Waals surface area contributed by atoms with Crippen LogP contribution in [-0.2, 0) is 19.5 Å². The fraction of sp³-hybridized carbons (Fsp3) is 0.400. The van der Waals surface area contributed by atoms with E-state index in [1.54, 1.807) is 0 Å². The Kier molecular flexibility index (Phi) is 4.54. The molecule has 1 aliphatic heterocycles. The second-order valence-corrected chi connectivity index (χ2v) is 7.97. The molecular weight excluding hydrogens is 342 g/mol. The van der Waals surface area contributed by atoms with E-state index in [4.69, 9.17) is 10.1 Å². The van der Waals surface area contributed by atoms with Gasteiger partial charge in [-0.15, -0.1) is 17.9 Å². The first-order chi connectivity index (χ1) is 12.6. The smallest absolute Gasteiger partial charge is 0.0926 e. The summed E-state index contributed by atoms with van der Waals surface area (Å²) in [6.07, 6.45) is 4.74. The van der Waals surface area contributed by atoms with Crippen LogP contribution in [-0.4, -0.2) is 31.2 Å². The molecule has 0 aliphatic carbocycles. The van der Waals surface area contributed by atoms with E-state index in [1.807, 2.05) is 28.4 Å². The molecule has 0 bridgehead atoms. The molecule has 1 N–H and O–H groups in total. The Morgan fingerprint density at radius 1 is 1.38 bits per heavy atom. The Hall–Kier alpha value is -2.18. The average molecular weight is 368 g/mol. The van der Waals surface area contributed by atoms with Crippen LogP contribution >= 0.6 is 11.3 Å². The molecule has 1 aliphatic rings. The van der Waals surface area contributed by atoms with Crippen LogP contribution < -0.4 is 0 Å². The van der Waals surface area contributed by atoms with Gasteiger partial charge in [0.2, 0.25) is 0 Å². The van der Waals surface area contributed by atoms with Gasteiger partial charge in [-0.3, -0.25) is 9.58 Å². The molecule has 0 spiro atoms. The summed E-state index contributed by atoms with van der Waals surface area (Å²) in [7, 11) is 0. The quantitative estimate of drug-likeness (QED) is 0.695. The molecule has 4 heterocycles. The van der Waals surface area contributed by atoms with Crippen LogP contribution in [0.1, 0.15) is 44.8 Å². The van der Waals surface area contributed by atoms with Crippen molar-refractivity contribution in [1.29, 1.82) is 0 Å². The third-order valence-electron chi connectivity index (χ3n) is 5.35. The normalized spacial score (nSPS) is 17.4. The zero-order valence-electron chi connectivity index (χ0n) is 15.6. The fourth-order valence-electron chi connectivity index (χ4n) is 3.97. The number of allylic oxidation sites excluding steroid dienone is 1. The van der Waals surface area contributed by atoms with Crippen molar-refractivity contribution in [3.63, 3.8) is 0 Å². The van der Waals surface area contributed by atoms with Gasteiger partial charge in [0.1, 0.15) is 0 Å². The maximum absolute atomic E-state index is 4.76. The first-order valence-corrected chi connectivity index (χ1v) is 9.92. The van der Waals surface area contributed by atoms with Crippen LogP contribution in [0.4, 0.5) is 0 Å². The molecule has 1 unspecified atom stereocenters. The largest absolute Gasteiger partial charge is 0.348 e. The summed E-state index contributed by atoms with van der Waals surface area (Å²) in [6, 6.07) is 2.35. The van der Waals surface area contributed by atoms with E-state index in [1.165, 1.54) is 27.4 Å². The van der Waals surface area contributed by atoms with Gasteiger partial charge in [-0.2, -0.15) is 5.10 Å². The number of aromatic amines is 1.